The summed E-state index contributed by atoms with van der Waals surface area (Å²) in [4.78, 5) is 27.5. The Morgan fingerprint density at radius 2 is 2.29 bits per heavy atom. The SMILES string of the molecule is CC(=O)OCCCCN1CCC(=O)N=C1CCl. The van der Waals surface area contributed by atoms with Crippen molar-refractivity contribution in [2.24, 2.45) is 4.99 Å². The van der Waals surface area contributed by atoms with Crippen LogP contribution in [0.2, 0.25) is 0 Å². The van der Waals surface area contributed by atoms with E-state index in [1.54, 1.807) is 0 Å². The number of rotatable bonds is 6. The average Bonchev–Trinajstić information content (AvgIpc) is 2.29. The van der Waals surface area contributed by atoms with Crippen molar-refractivity contribution < 1.29 is 14.3 Å². The van der Waals surface area contributed by atoms with Gasteiger partial charge in [-0.3, -0.25) is 9.59 Å². The van der Waals surface area contributed by atoms with E-state index in [9.17, 15) is 9.59 Å². The summed E-state index contributed by atoms with van der Waals surface area (Å²) in [5.74, 6) is 0.555. The third kappa shape index (κ3) is 5.17. The molecular formula is C11H17ClN2O3. The molecule has 0 radical (unpaired) electrons. The van der Waals surface area contributed by atoms with Crippen molar-refractivity contribution in [2.75, 3.05) is 25.6 Å². The first kappa shape index (κ1) is 14.0. The van der Waals surface area contributed by atoms with Gasteiger partial charge >= 0.3 is 5.97 Å². The molecule has 0 aromatic carbocycles. The van der Waals surface area contributed by atoms with Gasteiger partial charge in [-0.2, -0.15) is 4.99 Å². The number of amides is 1. The topological polar surface area (TPSA) is 59.0 Å². The Morgan fingerprint density at radius 1 is 1.53 bits per heavy atom. The molecule has 0 unspecified atom stereocenters. The van der Waals surface area contributed by atoms with E-state index < -0.39 is 0 Å². The minimum atomic E-state index is -0.253. The summed E-state index contributed by atoms with van der Waals surface area (Å²) in [6, 6.07) is 0. The minimum Gasteiger partial charge on any atom is -0.466 e. The number of carbonyl (C=O) groups is 2. The molecule has 1 aliphatic heterocycles. The number of halogens is 1. The molecule has 1 rings (SSSR count). The molecule has 0 aromatic rings. The zero-order chi connectivity index (χ0) is 12.7. The Hall–Kier alpha value is -1.10. The summed E-state index contributed by atoms with van der Waals surface area (Å²) in [6.45, 7) is 3.31. The fourth-order valence-corrected chi connectivity index (χ4v) is 1.83. The molecule has 5 nitrogen and oxygen atoms in total. The van der Waals surface area contributed by atoms with Crippen LogP contribution >= 0.6 is 11.6 Å². The van der Waals surface area contributed by atoms with Gasteiger partial charge in [0, 0.05) is 26.4 Å². The van der Waals surface area contributed by atoms with Crippen molar-refractivity contribution in [3.05, 3.63) is 0 Å². The van der Waals surface area contributed by atoms with Gasteiger partial charge in [-0.05, 0) is 12.8 Å². The summed E-state index contributed by atoms with van der Waals surface area (Å²) in [6.07, 6.45) is 2.14. The van der Waals surface area contributed by atoms with Gasteiger partial charge in [0.1, 0.15) is 5.84 Å². The van der Waals surface area contributed by atoms with Crippen molar-refractivity contribution in [1.82, 2.24) is 4.90 Å². The van der Waals surface area contributed by atoms with Crippen LogP contribution in [0.25, 0.3) is 0 Å². The van der Waals surface area contributed by atoms with E-state index in [0.717, 1.165) is 19.4 Å². The van der Waals surface area contributed by atoms with Crippen molar-refractivity contribution >= 4 is 29.3 Å². The van der Waals surface area contributed by atoms with Crippen LogP contribution in [0.4, 0.5) is 0 Å². The number of amidine groups is 1. The van der Waals surface area contributed by atoms with Crippen LogP contribution in [0, 0.1) is 0 Å². The molecule has 0 fully saturated rings. The minimum absolute atomic E-state index is 0.100. The number of nitrogens with zero attached hydrogens (tertiary/aromatic N) is 2. The van der Waals surface area contributed by atoms with Crippen LogP contribution in [-0.4, -0.2) is 48.2 Å². The first-order chi connectivity index (χ1) is 8.13. The Labute approximate surface area is 106 Å². The summed E-state index contributed by atoms with van der Waals surface area (Å²) in [7, 11) is 0. The van der Waals surface area contributed by atoms with E-state index in [1.165, 1.54) is 6.92 Å². The highest BCUT2D eigenvalue weighted by atomic mass is 35.5. The lowest BCUT2D eigenvalue weighted by atomic mass is 10.2. The number of carbonyl (C=O) groups excluding carboxylic acids is 2. The summed E-state index contributed by atoms with van der Waals surface area (Å²) in [5, 5.41) is 0. The van der Waals surface area contributed by atoms with Crippen LogP contribution in [0.5, 0.6) is 0 Å². The monoisotopic (exact) mass is 260 g/mol. The lowest BCUT2D eigenvalue weighted by molar-refractivity contribution is -0.141. The highest BCUT2D eigenvalue weighted by Crippen LogP contribution is 2.07. The van der Waals surface area contributed by atoms with Gasteiger partial charge in [0.25, 0.3) is 0 Å². The lowest BCUT2D eigenvalue weighted by Gasteiger charge is -2.27. The molecule has 6 heteroatoms. The molecular weight excluding hydrogens is 244 g/mol. The largest absolute Gasteiger partial charge is 0.466 e. The fourth-order valence-electron chi connectivity index (χ4n) is 1.61. The number of aliphatic imine (C=N–C) groups is 1. The smallest absolute Gasteiger partial charge is 0.302 e. The van der Waals surface area contributed by atoms with E-state index in [-0.39, 0.29) is 17.8 Å². The van der Waals surface area contributed by atoms with Crippen LogP contribution in [-0.2, 0) is 14.3 Å². The Kier molecular flexibility index (Phi) is 5.97. The maximum absolute atomic E-state index is 11.1. The number of hydrogen-bond donors (Lipinski definition) is 0. The summed E-state index contributed by atoms with van der Waals surface area (Å²) in [5.41, 5.74) is 0. The molecule has 17 heavy (non-hydrogen) atoms. The Bertz CT molecular complexity index is 318. The van der Waals surface area contributed by atoms with Gasteiger partial charge in [0.2, 0.25) is 5.91 Å². The molecule has 96 valence electrons. The molecule has 0 saturated heterocycles. The van der Waals surface area contributed by atoms with Crippen LogP contribution in [0.3, 0.4) is 0 Å². The number of alkyl halides is 1. The normalized spacial score (nSPS) is 15.8. The average molecular weight is 261 g/mol. The van der Waals surface area contributed by atoms with Crippen molar-refractivity contribution in [3.63, 3.8) is 0 Å². The molecule has 0 saturated carbocycles. The van der Waals surface area contributed by atoms with Gasteiger partial charge in [0.05, 0.1) is 12.5 Å². The zero-order valence-electron chi connectivity index (χ0n) is 9.95. The van der Waals surface area contributed by atoms with E-state index in [2.05, 4.69) is 4.99 Å². The Morgan fingerprint density at radius 3 is 2.94 bits per heavy atom. The van der Waals surface area contributed by atoms with Crippen molar-refractivity contribution in [3.8, 4) is 0 Å². The van der Waals surface area contributed by atoms with E-state index >= 15 is 0 Å². The molecule has 1 amide bonds. The number of ether oxygens (including phenoxy) is 1. The van der Waals surface area contributed by atoms with Gasteiger partial charge in [-0.25, -0.2) is 0 Å². The molecule has 0 aliphatic carbocycles. The van der Waals surface area contributed by atoms with Crippen LogP contribution in [0.1, 0.15) is 26.2 Å². The second-order valence-electron chi connectivity index (χ2n) is 3.84. The predicted octanol–water partition coefficient (Wildman–Crippen LogP) is 1.20. The van der Waals surface area contributed by atoms with Gasteiger partial charge in [-0.15, -0.1) is 11.6 Å². The highest BCUT2D eigenvalue weighted by Gasteiger charge is 2.18. The predicted molar refractivity (Wildman–Crippen MR) is 65.2 cm³/mol. The van der Waals surface area contributed by atoms with E-state index in [1.807, 2.05) is 4.90 Å². The van der Waals surface area contributed by atoms with Gasteiger partial charge in [-0.1, -0.05) is 0 Å². The first-order valence-electron chi connectivity index (χ1n) is 5.68. The fraction of sp³-hybridized carbons (Fsp3) is 0.727. The van der Waals surface area contributed by atoms with E-state index in [4.69, 9.17) is 16.3 Å². The highest BCUT2D eigenvalue weighted by molar-refractivity contribution is 6.29. The molecule has 0 bridgehead atoms. The van der Waals surface area contributed by atoms with Crippen LogP contribution < -0.4 is 0 Å². The van der Waals surface area contributed by atoms with Gasteiger partial charge < -0.3 is 9.64 Å². The van der Waals surface area contributed by atoms with Crippen LogP contribution in [0.15, 0.2) is 4.99 Å². The van der Waals surface area contributed by atoms with Crippen molar-refractivity contribution in [1.29, 1.82) is 0 Å². The maximum Gasteiger partial charge on any atom is 0.302 e. The quantitative estimate of drug-likeness (QED) is 0.409. The van der Waals surface area contributed by atoms with E-state index in [0.29, 0.717) is 25.4 Å². The molecule has 1 heterocycles. The molecule has 0 atom stereocenters. The number of hydrogen-bond acceptors (Lipinski definition) is 4. The standard InChI is InChI=1S/C11H17ClN2O3/c1-9(15)17-7-3-2-5-14-6-4-11(16)13-10(14)8-12/h2-8H2,1H3. The summed E-state index contributed by atoms with van der Waals surface area (Å²) < 4.78 is 4.83. The molecule has 0 aromatic heterocycles. The lowest BCUT2D eigenvalue weighted by Crippen LogP contribution is -2.38. The second kappa shape index (κ2) is 7.27. The number of unbranched alkanes of at least 4 members (excludes halogenated alkanes) is 1. The zero-order valence-corrected chi connectivity index (χ0v) is 10.7. The van der Waals surface area contributed by atoms with Crippen molar-refractivity contribution in [2.45, 2.75) is 26.2 Å². The second-order valence-corrected chi connectivity index (χ2v) is 4.11. The Balaban J connectivity index is 2.24. The summed E-state index contributed by atoms with van der Waals surface area (Å²) >= 11 is 5.73. The van der Waals surface area contributed by atoms with Gasteiger partial charge in [0.15, 0.2) is 0 Å². The molecule has 0 N–H and O–H groups in total. The first-order valence-corrected chi connectivity index (χ1v) is 6.21. The third-order valence-electron chi connectivity index (χ3n) is 2.46. The maximum atomic E-state index is 11.1. The molecule has 0 spiro atoms. The number of esters is 1. The third-order valence-corrected chi connectivity index (χ3v) is 2.70. The molecule has 1 aliphatic rings.